The van der Waals surface area contributed by atoms with Crippen LogP contribution in [0.25, 0.3) is 10.2 Å². The normalized spacial score (nSPS) is 10.5. The Morgan fingerprint density at radius 2 is 2.38 bits per heavy atom. The molecule has 2 nitrogen and oxygen atoms in total. The minimum absolute atomic E-state index is 0.450. The molecule has 0 spiro atoms. The smallest absolute Gasteiger partial charge is 0.184 e. The number of nitrogens with zero attached hydrogens (tertiary/aromatic N) is 1. The highest BCUT2D eigenvalue weighted by Gasteiger charge is 2.01. The summed E-state index contributed by atoms with van der Waals surface area (Å²) >= 11 is 7.18. The second-order valence-corrected chi connectivity index (χ2v) is 4.25. The van der Waals surface area contributed by atoms with Crippen LogP contribution in [0.15, 0.2) is 18.2 Å². The minimum atomic E-state index is 0.450. The number of hydrogen-bond acceptors (Lipinski definition) is 3. The zero-order valence-corrected chi connectivity index (χ0v) is 8.23. The molecule has 4 heteroatoms. The van der Waals surface area contributed by atoms with Gasteiger partial charge in [0, 0.05) is 6.42 Å². The zero-order chi connectivity index (χ0) is 9.26. The SMILES string of the molecule is O=CCc1ccc2nc(Cl)sc2c1. The molecule has 13 heavy (non-hydrogen) atoms. The lowest BCUT2D eigenvalue weighted by molar-refractivity contribution is -0.107. The summed E-state index contributed by atoms with van der Waals surface area (Å²) in [6.45, 7) is 0. The Kier molecular flexibility index (Phi) is 2.29. The molecule has 0 unspecified atom stereocenters. The van der Waals surface area contributed by atoms with Crippen molar-refractivity contribution in [3.8, 4) is 0 Å². The maximum absolute atomic E-state index is 10.3. The van der Waals surface area contributed by atoms with E-state index in [9.17, 15) is 4.79 Å². The molecule has 0 saturated heterocycles. The van der Waals surface area contributed by atoms with Crippen LogP contribution in [0.5, 0.6) is 0 Å². The first kappa shape index (κ1) is 8.66. The van der Waals surface area contributed by atoms with Gasteiger partial charge in [0.05, 0.1) is 10.2 Å². The fourth-order valence-corrected chi connectivity index (χ4v) is 2.26. The number of hydrogen-bond donors (Lipinski definition) is 0. The van der Waals surface area contributed by atoms with E-state index in [2.05, 4.69) is 4.98 Å². The van der Waals surface area contributed by atoms with Crippen molar-refractivity contribution in [1.82, 2.24) is 4.98 Å². The van der Waals surface area contributed by atoms with Crippen molar-refractivity contribution in [2.45, 2.75) is 6.42 Å². The highest BCUT2D eigenvalue weighted by Crippen LogP contribution is 2.26. The monoisotopic (exact) mass is 211 g/mol. The fourth-order valence-electron chi connectivity index (χ4n) is 1.16. The van der Waals surface area contributed by atoms with Crippen LogP contribution in [-0.2, 0) is 11.2 Å². The Morgan fingerprint density at radius 1 is 1.54 bits per heavy atom. The molecular weight excluding hydrogens is 206 g/mol. The molecule has 1 heterocycles. The van der Waals surface area contributed by atoms with Crippen LogP contribution in [0.2, 0.25) is 4.47 Å². The van der Waals surface area contributed by atoms with Gasteiger partial charge in [0.25, 0.3) is 0 Å². The summed E-state index contributed by atoms with van der Waals surface area (Å²) in [4.78, 5) is 14.4. The van der Waals surface area contributed by atoms with Gasteiger partial charge in [-0.3, -0.25) is 0 Å². The standard InChI is InChI=1S/C9H6ClNOS/c10-9-11-7-2-1-6(3-4-12)5-8(7)13-9/h1-2,4-5H,3H2. The lowest BCUT2D eigenvalue weighted by Crippen LogP contribution is -1.83. The highest BCUT2D eigenvalue weighted by atomic mass is 35.5. The second-order valence-electron chi connectivity index (χ2n) is 2.64. The first-order chi connectivity index (χ1) is 6.29. The molecule has 66 valence electrons. The summed E-state index contributed by atoms with van der Waals surface area (Å²) in [5.74, 6) is 0. The molecule has 0 atom stereocenters. The third kappa shape index (κ3) is 1.71. The third-order valence-electron chi connectivity index (χ3n) is 1.75. The van der Waals surface area contributed by atoms with Gasteiger partial charge in [-0.15, -0.1) is 11.3 Å². The molecule has 0 bridgehead atoms. The summed E-state index contributed by atoms with van der Waals surface area (Å²) in [7, 11) is 0. The predicted octanol–water partition coefficient (Wildman–Crippen LogP) is 2.69. The summed E-state index contributed by atoms with van der Waals surface area (Å²) in [5, 5.41) is 0. The van der Waals surface area contributed by atoms with Crippen molar-refractivity contribution in [3.05, 3.63) is 28.2 Å². The lowest BCUT2D eigenvalue weighted by Gasteiger charge is -1.92. The minimum Gasteiger partial charge on any atom is -0.303 e. The summed E-state index contributed by atoms with van der Waals surface area (Å²) in [5.41, 5.74) is 1.90. The van der Waals surface area contributed by atoms with Gasteiger partial charge >= 0.3 is 0 Å². The van der Waals surface area contributed by atoms with E-state index < -0.39 is 0 Å². The number of halogens is 1. The molecule has 0 radical (unpaired) electrons. The van der Waals surface area contributed by atoms with E-state index in [-0.39, 0.29) is 0 Å². The number of carbonyl (C=O) groups is 1. The van der Waals surface area contributed by atoms with E-state index in [0.717, 1.165) is 22.1 Å². The van der Waals surface area contributed by atoms with Crippen molar-refractivity contribution in [3.63, 3.8) is 0 Å². The summed E-state index contributed by atoms with van der Waals surface area (Å²) < 4.78 is 1.57. The Labute approximate surface area is 84.2 Å². The molecule has 0 amide bonds. The largest absolute Gasteiger partial charge is 0.303 e. The van der Waals surface area contributed by atoms with Crippen LogP contribution in [0.1, 0.15) is 5.56 Å². The van der Waals surface area contributed by atoms with Crippen LogP contribution >= 0.6 is 22.9 Å². The number of aldehydes is 1. The lowest BCUT2D eigenvalue weighted by atomic mass is 10.2. The molecule has 0 aliphatic carbocycles. The molecule has 1 aromatic carbocycles. The predicted molar refractivity (Wildman–Crippen MR) is 54.4 cm³/mol. The van der Waals surface area contributed by atoms with E-state index in [4.69, 9.17) is 11.6 Å². The molecule has 0 aliphatic heterocycles. The quantitative estimate of drug-likeness (QED) is 0.715. The molecule has 0 aliphatic rings. The van der Waals surface area contributed by atoms with Crippen LogP contribution in [0, 0.1) is 0 Å². The van der Waals surface area contributed by atoms with Crippen LogP contribution in [0.3, 0.4) is 0 Å². The topological polar surface area (TPSA) is 30.0 Å². The number of carbonyl (C=O) groups excluding carboxylic acids is 1. The van der Waals surface area contributed by atoms with Gasteiger partial charge in [0.1, 0.15) is 6.29 Å². The molecule has 0 saturated carbocycles. The van der Waals surface area contributed by atoms with E-state index in [1.807, 2.05) is 18.2 Å². The molecule has 0 N–H and O–H groups in total. The van der Waals surface area contributed by atoms with Crippen molar-refractivity contribution in [2.24, 2.45) is 0 Å². The molecule has 2 rings (SSSR count). The van der Waals surface area contributed by atoms with E-state index in [0.29, 0.717) is 10.9 Å². The number of benzene rings is 1. The summed E-state index contributed by atoms with van der Waals surface area (Å²) in [6.07, 6.45) is 1.34. The fraction of sp³-hybridized carbons (Fsp3) is 0.111. The maximum atomic E-state index is 10.3. The van der Waals surface area contributed by atoms with Crippen molar-refractivity contribution >= 4 is 39.4 Å². The Hall–Kier alpha value is -0.930. The molecule has 0 fully saturated rings. The number of fused-ring (bicyclic) bond motifs is 1. The first-order valence-electron chi connectivity index (χ1n) is 3.78. The highest BCUT2D eigenvalue weighted by molar-refractivity contribution is 7.22. The van der Waals surface area contributed by atoms with Gasteiger partial charge < -0.3 is 4.79 Å². The average Bonchev–Trinajstić information content (AvgIpc) is 2.44. The summed E-state index contributed by atoms with van der Waals surface area (Å²) in [6, 6.07) is 5.73. The molecular formula is C9H6ClNOS. The number of aromatic nitrogens is 1. The number of thiazole rings is 1. The van der Waals surface area contributed by atoms with Gasteiger partial charge in [0.2, 0.25) is 0 Å². The second kappa shape index (κ2) is 3.44. The van der Waals surface area contributed by atoms with Crippen LogP contribution < -0.4 is 0 Å². The maximum Gasteiger partial charge on any atom is 0.184 e. The van der Waals surface area contributed by atoms with E-state index >= 15 is 0 Å². The van der Waals surface area contributed by atoms with Crippen LogP contribution in [-0.4, -0.2) is 11.3 Å². The molecule has 2 aromatic rings. The van der Waals surface area contributed by atoms with Crippen LogP contribution in [0.4, 0.5) is 0 Å². The Morgan fingerprint density at radius 3 is 3.15 bits per heavy atom. The first-order valence-corrected chi connectivity index (χ1v) is 4.97. The van der Waals surface area contributed by atoms with E-state index in [1.165, 1.54) is 11.3 Å². The average molecular weight is 212 g/mol. The van der Waals surface area contributed by atoms with Gasteiger partial charge in [-0.05, 0) is 17.7 Å². The van der Waals surface area contributed by atoms with Gasteiger partial charge in [-0.2, -0.15) is 0 Å². The van der Waals surface area contributed by atoms with Gasteiger partial charge in [-0.1, -0.05) is 17.7 Å². The van der Waals surface area contributed by atoms with Gasteiger partial charge in [-0.25, -0.2) is 4.98 Å². The Bertz CT molecular complexity index is 452. The third-order valence-corrected chi connectivity index (χ3v) is 2.87. The van der Waals surface area contributed by atoms with Crippen molar-refractivity contribution in [1.29, 1.82) is 0 Å². The zero-order valence-electron chi connectivity index (χ0n) is 6.66. The van der Waals surface area contributed by atoms with Crippen molar-refractivity contribution in [2.75, 3.05) is 0 Å². The van der Waals surface area contributed by atoms with Gasteiger partial charge in [0.15, 0.2) is 4.47 Å². The number of rotatable bonds is 2. The molecule has 1 aromatic heterocycles. The Balaban J connectivity index is 2.54. The van der Waals surface area contributed by atoms with E-state index in [1.54, 1.807) is 0 Å². The van der Waals surface area contributed by atoms with Crippen molar-refractivity contribution < 1.29 is 4.79 Å².